The molecule has 3 nitrogen and oxygen atoms in total. The summed E-state index contributed by atoms with van der Waals surface area (Å²) in [5.41, 5.74) is 4.36. The molecule has 27 heavy (non-hydrogen) atoms. The predicted molar refractivity (Wildman–Crippen MR) is 112 cm³/mol. The number of pyridine rings is 1. The zero-order valence-corrected chi connectivity index (χ0v) is 16.6. The van der Waals surface area contributed by atoms with Gasteiger partial charge in [0.05, 0.1) is 0 Å². The van der Waals surface area contributed by atoms with Gasteiger partial charge in [0.1, 0.15) is 0 Å². The summed E-state index contributed by atoms with van der Waals surface area (Å²) >= 11 is 1.74. The van der Waals surface area contributed by atoms with E-state index in [0.717, 1.165) is 22.6 Å². The van der Waals surface area contributed by atoms with E-state index in [1.165, 1.54) is 11.1 Å². The van der Waals surface area contributed by atoms with Gasteiger partial charge in [-0.3, -0.25) is 9.78 Å². The Labute approximate surface area is 165 Å². The number of carbonyl (C=O) groups excluding carboxylic acids is 1. The van der Waals surface area contributed by atoms with Crippen LogP contribution in [0.5, 0.6) is 0 Å². The summed E-state index contributed by atoms with van der Waals surface area (Å²) in [6.45, 7) is 2.75. The minimum absolute atomic E-state index is 0.0402. The lowest BCUT2D eigenvalue weighted by Crippen LogP contribution is -2.26. The first-order valence-electron chi connectivity index (χ1n) is 9.10. The standard InChI is InChI=1S/C23H24N2OS/c1-3-18-6-8-19(9-7-18)16-25(2)23(26)21-10-12-22(13-11-21)27-17-20-5-4-14-24-15-20/h4-15H,3,16-17H2,1-2H3. The van der Waals surface area contributed by atoms with E-state index < -0.39 is 0 Å². The Hall–Kier alpha value is -2.59. The van der Waals surface area contributed by atoms with Gasteiger partial charge >= 0.3 is 0 Å². The molecule has 0 spiro atoms. The van der Waals surface area contributed by atoms with Crippen LogP contribution < -0.4 is 0 Å². The average molecular weight is 377 g/mol. The molecule has 4 heteroatoms. The Kier molecular flexibility index (Phi) is 6.66. The second-order valence-electron chi connectivity index (χ2n) is 6.51. The molecule has 0 N–H and O–H groups in total. The first-order valence-corrected chi connectivity index (χ1v) is 10.1. The van der Waals surface area contributed by atoms with E-state index in [0.29, 0.717) is 12.1 Å². The van der Waals surface area contributed by atoms with Crippen molar-refractivity contribution < 1.29 is 4.79 Å². The van der Waals surface area contributed by atoms with E-state index in [1.54, 1.807) is 22.9 Å². The van der Waals surface area contributed by atoms with E-state index in [4.69, 9.17) is 0 Å². The highest BCUT2D eigenvalue weighted by molar-refractivity contribution is 7.98. The normalized spacial score (nSPS) is 10.6. The topological polar surface area (TPSA) is 33.2 Å². The molecular formula is C23H24N2OS. The second kappa shape index (κ2) is 9.38. The number of aryl methyl sites for hydroxylation is 1. The molecule has 0 bridgehead atoms. The SMILES string of the molecule is CCc1ccc(CN(C)C(=O)c2ccc(SCc3cccnc3)cc2)cc1. The van der Waals surface area contributed by atoms with Gasteiger partial charge in [-0.2, -0.15) is 0 Å². The maximum absolute atomic E-state index is 12.7. The van der Waals surface area contributed by atoms with Crippen molar-refractivity contribution in [1.82, 2.24) is 9.88 Å². The number of carbonyl (C=O) groups is 1. The largest absolute Gasteiger partial charge is 0.337 e. The van der Waals surface area contributed by atoms with Crippen LogP contribution in [0.4, 0.5) is 0 Å². The Morgan fingerprint density at radius 1 is 0.963 bits per heavy atom. The van der Waals surface area contributed by atoms with Gasteiger partial charge in [-0.25, -0.2) is 0 Å². The lowest BCUT2D eigenvalue weighted by Gasteiger charge is -2.18. The lowest BCUT2D eigenvalue weighted by atomic mass is 10.1. The third-order valence-corrected chi connectivity index (χ3v) is 5.51. The fourth-order valence-corrected chi connectivity index (χ4v) is 3.62. The number of nitrogens with zero attached hydrogens (tertiary/aromatic N) is 2. The molecule has 3 rings (SSSR count). The highest BCUT2D eigenvalue weighted by Crippen LogP contribution is 2.23. The minimum Gasteiger partial charge on any atom is -0.337 e. The van der Waals surface area contributed by atoms with Crippen LogP contribution in [0.1, 0.15) is 34.0 Å². The molecule has 0 fully saturated rings. The number of hydrogen-bond donors (Lipinski definition) is 0. The molecule has 138 valence electrons. The second-order valence-corrected chi connectivity index (χ2v) is 7.55. The minimum atomic E-state index is 0.0402. The summed E-state index contributed by atoms with van der Waals surface area (Å²) in [4.78, 5) is 19.7. The summed E-state index contributed by atoms with van der Waals surface area (Å²) in [7, 11) is 1.85. The molecule has 0 saturated carbocycles. The molecule has 0 unspecified atom stereocenters. The molecule has 1 amide bonds. The highest BCUT2D eigenvalue weighted by atomic mass is 32.2. The first kappa shape index (κ1) is 19.2. The van der Waals surface area contributed by atoms with Gasteiger partial charge in [-0.1, -0.05) is 37.3 Å². The van der Waals surface area contributed by atoms with Crippen LogP contribution in [0.2, 0.25) is 0 Å². The summed E-state index contributed by atoms with van der Waals surface area (Å²) in [6.07, 6.45) is 4.69. The molecule has 2 aromatic carbocycles. The molecule has 0 saturated heterocycles. The number of aromatic nitrogens is 1. The van der Waals surface area contributed by atoms with E-state index in [9.17, 15) is 4.79 Å². The average Bonchev–Trinajstić information content (AvgIpc) is 2.73. The maximum Gasteiger partial charge on any atom is 0.253 e. The highest BCUT2D eigenvalue weighted by Gasteiger charge is 2.12. The molecule has 1 heterocycles. The van der Waals surface area contributed by atoms with Crippen molar-refractivity contribution in [2.75, 3.05) is 7.05 Å². The van der Waals surface area contributed by atoms with Crippen molar-refractivity contribution in [2.45, 2.75) is 30.5 Å². The van der Waals surface area contributed by atoms with Crippen LogP contribution in [-0.2, 0) is 18.7 Å². The Morgan fingerprint density at radius 2 is 1.67 bits per heavy atom. The van der Waals surface area contributed by atoms with E-state index in [-0.39, 0.29) is 5.91 Å². The van der Waals surface area contributed by atoms with Crippen LogP contribution in [0.25, 0.3) is 0 Å². The molecule has 0 atom stereocenters. The van der Waals surface area contributed by atoms with Crippen molar-refractivity contribution in [2.24, 2.45) is 0 Å². The Bertz CT molecular complexity index is 861. The van der Waals surface area contributed by atoms with Gasteiger partial charge in [0, 0.05) is 42.2 Å². The molecule has 1 aromatic heterocycles. The fourth-order valence-electron chi connectivity index (χ4n) is 2.79. The van der Waals surface area contributed by atoms with Crippen LogP contribution in [0.15, 0.2) is 78.0 Å². The molecule has 3 aromatic rings. The molecule has 0 radical (unpaired) electrons. The number of rotatable bonds is 7. The number of hydrogen-bond acceptors (Lipinski definition) is 3. The van der Waals surface area contributed by atoms with Crippen molar-refractivity contribution in [3.63, 3.8) is 0 Å². The lowest BCUT2D eigenvalue weighted by molar-refractivity contribution is 0.0785. The zero-order valence-electron chi connectivity index (χ0n) is 15.8. The van der Waals surface area contributed by atoms with E-state index >= 15 is 0 Å². The third kappa shape index (κ3) is 5.44. The molecule has 0 aliphatic rings. The zero-order chi connectivity index (χ0) is 19.1. The van der Waals surface area contributed by atoms with Crippen molar-refractivity contribution in [1.29, 1.82) is 0 Å². The van der Waals surface area contributed by atoms with Gasteiger partial charge in [0.15, 0.2) is 0 Å². The Balaban J connectivity index is 1.57. The van der Waals surface area contributed by atoms with Gasteiger partial charge in [0.2, 0.25) is 0 Å². The first-order chi connectivity index (χ1) is 13.2. The third-order valence-electron chi connectivity index (χ3n) is 4.43. The number of amides is 1. The molecular weight excluding hydrogens is 352 g/mol. The number of thioether (sulfide) groups is 1. The maximum atomic E-state index is 12.7. The summed E-state index contributed by atoms with van der Waals surface area (Å²) in [6, 6.07) is 20.3. The number of benzene rings is 2. The van der Waals surface area contributed by atoms with E-state index in [2.05, 4.69) is 42.2 Å². The summed E-state index contributed by atoms with van der Waals surface area (Å²) in [5.74, 6) is 0.910. The van der Waals surface area contributed by atoms with E-state index in [1.807, 2.05) is 43.6 Å². The van der Waals surface area contributed by atoms with Crippen molar-refractivity contribution in [3.05, 3.63) is 95.3 Å². The van der Waals surface area contributed by atoms with Crippen LogP contribution >= 0.6 is 11.8 Å². The summed E-state index contributed by atoms with van der Waals surface area (Å²) < 4.78 is 0. The quantitative estimate of drug-likeness (QED) is 0.531. The van der Waals surface area contributed by atoms with Gasteiger partial charge in [0.25, 0.3) is 5.91 Å². The van der Waals surface area contributed by atoms with Crippen LogP contribution in [0.3, 0.4) is 0 Å². The van der Waals surface area contributed by atoms with Crippen LogP contribution in [-0.4, -0.2) is 22.8 Å². The van der Waals surface area contributed by atoms with Crippen molar-refractivity contribution in [3.8, 4) is 0 Å². The predicted octanol–water partition coefficient (Wildman–Crippen LogP) is 5.21. The molecule has 0 aliphatic carbocycles. The van der Waals surface area contributed by atoms with Gasteiger partial charge in [-0.15, -0.1) is 11.8 Å². The van der Waals surface area contributed by atoms with Crippen molar-refractivity contribution >= 4 is 17.7 Å². The smallest absolute Gasteiger partial charge is 0.253 e. The Morgan fingerprint density at radius 3 is 2.30 bits per heavy atom. The van der Waals surface area contributed by atoms with Gasteiger partial charge in [-0.05, 0) is 53.4 Å². The van der Waals surface area contributed by atoms with Gasteiger partial charge < -0.3 is 4.90 Å². The van der Waals surface area contributed by atoms with Crippen LogP contribution in [0, 0.1) is 0 Å². The molecule has 0 aliphatic heterocycles. The fraction of sp³-hybridized carbons (Fsp3) is 0.217. The monoisotopic (exact) mass is 376 g/mol. The summed E-state index contributed by atoms with van der Waals surface area (Å²) in [5, 5.41) is 0.